The van der Waals surface area contributed by atoms with Crippen LogP contribution in [-0.4, -0.2) is 77.8 Å². The van der Waals surface area contributed by atoms with E-state index in [1.54, 1.807) is 25.7 Å². The van der Waals surface area contributed by atoms with Gasteiger partial charge in [0, 0.05) is 19.0 Å². The number of amides is 5. The van der Waals surface area contributed by atoms with Gasteiger partial charge in [-0.2, -0.15) is 0 Å². The summed E-state index contributed by atoms with van der Waals surface area (Å²) in [5.41, 5.74) is 4.90. The zero-order chi connectivity index (χ0) is 35.2. The highest BCUT2D eigenvalue weighted by Crippen LogP contribution is 2.66. The van der Waals surface area contributed by atoms with Crippen molar-refractivity contribution in [2.75, 3.05) is 12.3 Å². The number of rotatable bonds is 12. The molecule has 6 aliphatic rings. The van der Waals surface area contributed by atoms with E-state index in [9.17, 15) is 27.6 Å². The Kier molecular flexibility index (Phi) is 10.4. The highest BCUT2D eigenvalue weighted by Gasteiger charge is 2.64. The summed E-state index contributed by atoms with van der Waals surface area (Å²) in [6, 6.07) is -2.30. The van der Waals surface area contributed by atoms with Crippen molar-refractivity contribution in [3.05, 3.63) is 0 Å². The minimum Gasteiger partial charge on any atom is -0.370 e. The highest BCUT2D eigenvalue weighted by atomic mass is 32.2. The van der Waals surface area contributed by atoms with Crippen LogP contribution in [0.25, 0.3) is 0 Å². The molecule has 5 amide bonds. The Bertz CT molecular complexity index is 1370. The van der Waals surface area contributed by atoms with E-state index in [0.717, 1.165) is 89.9 Å². The molecule has 49 heavy (non-hydrogen) atoms. The Hall–Kier alpha value is -2.37. The van der Waals surface area contributed by atoms with Crippen molar-refractivity contribution >= 4 is 33.6 Å². The number of carbonyl (C=O) groups is 4. The summed E-state index contributed by atoms with van der Waals surface area (Å²) in [4.78, 5) is 56.9. The van der Waals surface area contributed by atoms with Crippen molar-refractivity contribution < 1.29 is 27.6 Å². The zero-order valence-electron chi connectivity index (χ0n) is 30.1. The van der Waals surface area contributed by atoms with Gasteiger partial charge >= 0.3 is 6.03 Å². The van der Waals surface area contributed by atoms with Gasteiger partial charge in [0.05, 0.1) is 16.0 Å². The van der Waals surface area contributed by atoms with Gasteiger partial charge in [0.15, 0.2) is 9.84 Å². The van der Waals surface area contributed by atoms with Gasteiger partial charge in [-0.1, -0.05) is 51.4 Å². The summed E-state index contributed by atoms with van der Waals surface area (Å²) >= 11 is 0. The van der Waals surface area contributed by atoms with Gasteiger partial charge in [0.1, 0.15) is 12.1 Å². The first kappa shape index (κ1) is 36.4. The fourth-order valence-electron chi connectivity index (χ4n) is 9.94. The van der Waals surface area contributed by atoms with E-state index >= 15 is 0 Å². The van der Waals surface area contributed by atoms with E-state index < -0.39 is 44.1 Å². The lowest BCUT2D eigenvalue weighted by molar-refractivity contribution is -0.142. The Balaban J connectivity index is 1.24. The summed E-state index contributed by atoms with van der Waals surface area (Å²) in [5, 5.41) is 9.38. The fourth-order valence-corrected chi connectivity index (χ4v) is 11.5. The number of likely N-dealkylation sites (tertiary alicyclic amines) is 1. The van der Waals surface area contributed by atoms with Crippen LogP contribution in [0.2, 0.25) is 0 Å². The fraction of sp³-hybridized carbons (Fsp3) is 0.892. The van der Waals surface area contributed by atoms with Crippen molar-refractivity contribution in [2.45, 2.75) is 165 Å². The Morgan fingerprint density at radius 3 is 2.10 bits per heavy atom. The first-order valence-corrected chi connectivity index (χ1v) is 21.0. The number of hydrogen-bond acceptors (Lipinski definition) is 6. The predicted octanol–water partition coefficient (Wildman–Crippen LogP) is 4.33. The quantitative estimate of drug-likeness (QED) is 0.236. The molecule has 0 aromatic rings. The average molecular weight is 704 g/mol. The molecule has 276 valence electrons. The minimum absolute atomic E-state index is 0.0514. The highest BCUT2D eigenvalue weighted by molar-refractivity contribution is 7.92. The maximum atomic E-state index is 14.9. The zero-order valence-corrected chi connectivity index (χ0v) is 30.9. The molecule has 5 aliphatic carbocycles. The van der Waals surface area contributed by atoms with Gasteiger partial charge in [0.25, 0.3) is 0 Å². The van der Waals surface area contributed by atoms with Gasteiger partial charge in [-0.25, -0.2) is 13.2 Å². The molecular formula is C37H61N5O6S. The third-order valence-corrected chi connectivity index (χ3v) is 16.0. The molecule has 5 atom stereocenters. The number of sulfone groups is 1. The largest absolute Gasteiger partial charge is 0.370 e. The number of nitrogens with two attached hydrogens (primary N) is 1. The topological polar surface area (TPSA) is 168 Å². The average Bonchev–Trinajstić information content (AvgIpc) is 3.93. The molecule has 5 saturated carbocycles. The van der Waals surface area contributed by atoms with Crippen LogP contribution in [0.1, 0.15) is 136 Å². The van der Waals surface area contributed by atoms with Gasteiger partial charge in [-0.3, -0.25) is 14.4 Å². The monoisotopic (exact) mass is 703 g/mol. The number of fused-ring (bicyclic) bond motifs is 2. The maximum absolute atomic E-state index is 14.9. The number of urea groups is 1. The van der Waals surface area contributed by atoms with E-state index in [-0.39, 0.29) is 53.2 Å². The summed E-state index contributed by atoms with van der Waals surface area (Å²) in [7, 11) is -3.52. The molecule has 6 rings (SSSR count). The molecule has 1 aliphatic heterocycles. The molecule has 1 saturated heterocycles. The third-order valence-electron chi connectivity index (χ3n) is 13.2. The second kappa shape index (κ2) is 14.0. The van der Waals surface area contributed by atoms with Gasteiger partial charge in [0.2, 0.25) is 17.7 Å². The van der Waals surface area contributed by atoms with Crippen LogP contribution in [0, 0.1) is 29.1 Å². The summed E-state index contributed by atoms with van der Waals surface area (Å²) in [6.45, 7) is 5.60. The van der Waals surface area contributed by atoms with Crippen LogP contribution in [0.15, 0.2) is 0 Å². The lowest BCUT2D eigenvalue weighted by Gasteiger charge is -2.41. The van der Waals surface area contributed by atoms with Crippen molar-refractivity contribution in [1.82, 2.24) is 20.9 Å². The van der Waals surface area contributed by atoms with Crippen LogP contribution in [0.3, 0.4) is 0 Å². The van der Waals surface area contributed by atoms with Crippen molar-refractivity contribution in [3.63, 3.8) is 0 Å². The van der Waals surface area contributed by atoms with Crippen LogP contribution >= 0.6 is 0 Å². The maximum Gasteiger partial charge on any atom is 0.315 e. The van der Waals surface area contributed by atoms with Crippen LogP contribution in [0.5, 0.6) is 0 Å². The van der Waals surface area contributed by atoms with E-state index in [2.05, 4.69) is 16.0 Å². The molecule has 0 aromatic carbocycles. The van der Waals surface area contributed by atoms with E-state index in [0.29, 0.717) is 31.7 Å². The molecule has 0 radical (unpaired) electrons. The number of nitrogens with zero attached hydrogens (tertiary/aromatic N) is 1. The molecule has 1 heterocycles. The molecule has 6 fully saturated rings. The lowest BCUT2D eigenvalue weighted by atomic mass is 9.82. The molecule has 12 heteroatoms. The summed E-state index contributed by atoms with van der Waals surface area (Å²) in [5.74, 6) is -0.263. The first-order valence-electron chi connectivity index (χ1n) is 19.3. The van der Waals surface area contributed by atoms with Crippen LogP contribution < -0.4 is 21.7 Å². The second-order valence-electron chi connectivity index (χ2n) is 17.8. The van der Waals surface area contributed by atoms with E-state index in [1.807, 2.05) is 0 Å². The number of nitrogens with one attached hydrogen (secondary N) is 3. The smallest absolute Gasteiger partial charge is 0.315 e. The van der Waals surface area contributed by atoms with Gasteiger partial charge in [-0.15, -0.1) is 0 Å². The number of primary amides is 1. The molecular weight excluding hydrogens is 643 g/mol. The molecule has 5 N–H and O–H groups in total. The van der Waals surface area contributed by atoms with Gasteiger partial charge in [-0.05, 0) is 108 Å². The molecule has 1 spiro atoms. The van der Waals surface area contributed by atoms with Crippen molar-refractivity contribution in [3.8, 4) is 0 Å². The van der Waals surface area contributed by atoms with Gasteiger partial charge < -0.3 is 26.6 Å². The van der Waals surface area contributed by atoms with Crippen LogP contribution in [-0.2, 0) is 24.2 Å². The summed E-state index contributed by atoms with van der Waals surface area (Å²) < 4.78 is 25.9. The molecule has 11 nitrogen and oxygen atoms in total. The predicted molar refractivity (Wildman–Crippen MR) is 188 cm³/mol. The Labute approximate surface area is 293 Å². The summed E-state index contributed by atoms with van der Waals surface area (Å²) in [6.07, 6.45) is 15.7. The molecule has 0 aromatic heterocycles. The Morgan fingerprint density at radius 1 is 0.857 bits per heavy atom. The number of hydrogen-bond donors (Lipinski definition) is 4. The second-order valence-corrected chi connectivity index (χ2v) is 20.6. The van der Waals surface area contributed by atoms with E-state index in [1.165, 1.54) is 0 Å². The van der Waals surface area contributed by atoms with Crippen molar-refractivity contribution in [2.24, 2.45) is 34.8 Å². The molecule has 1 unspecified atom stereocenters. The number of carbonyl (C=O) groups excluding carboxylic acids is 4. The van der Waals surface area contributed by atoms with Crippen molar-refractivity contribution in [1.29, 1.82) is 0 Å². The third kappa shape index (κ3) is 8.09. The Morgan fingerprint density at radius 2 is 1.51 bits per heavy atom. The standard InChI is InChI=1S/C37H61N5O6S/c1-35(2,3)49(47,48)23-37(15-8-5-9-16-37)41-34(46)40-30(25-10-6-4-7-11-25)33(45)42-22-28-27(14-17-36(28)18-19-36)31(42)32(44)39-26(21-29(38)43)20-24-12-13-24/h24-28,30-31H,4-23H2,1-3H3,(H2,38,43)(H,39,44)(H2,40,41,46)/t26?,27-,28-,30-,31-/m0/s1. The SMILES string of the molecule is CC(C)(C)S(=O)(=O)CC1(NC(=O)N[C@H](C(=O)N2C[C@H]3[C@H](CCC34CC4)[C@H]2C(=O)NC(CC(N)=O)CC2CC2)C2CCCCC2)CCCCC1. The molecule has 0 bridgehead atoms. The van der Waals surface area contributed by atoms with Crippen LogP contribution in [0.4, 0.5) is 4.79 Å². The van der Waals surface area contributed by atoms with E-state index in [4.69, 9.17) is 5.73 Å². The lowest BCUT2D eigenvalue weighted by Crippen LogP contribution is -2.63. The minimum atomic E-state index is -3.52. The first-order chi connectivity index (χ1) is 23.1. The normalized spacial score (nSPS) is 29.1.